The smallest absolute Gasteiger partial charge is 0.254 e. The van der Waals surface area contributed by atoms with Gasteiger partial charge in [0.1, 0.15) is 12.1 Å². The van der Waals surface area contributed by atoms with Crippen LogP contribution in [0.5, 0.6) is 0 Å². The van der Waals surface area contributed by atoms with E-state index in [0.29, 0.717) is 24.6 Å². The molecule has 3 atom stereocenters. The third-order valence-corrected chi connectivity index (χ3v) is 6.04. The van der Waals surface area contributed by atoms with Gasteiger partial charge >= 0.3 is 0 Å². The zero-order valence-electron chi connectivity index (χ0n) is 16.5. The summed E-state index contributed by atoms with van der Waals surface area (Å²) in [4.78, 5) is 26.9. The Labute approximate surface area is 175 Å². The molecule has 0 unspecified atom stereocenters. The molecule has 0 aliphatic carbocycles. The predicted molar refractivity (Wildman–Crippen MR) is 115 cm³/mol. The lowest BCUT2D eigenvalue weighted by atomic mass is 10.0. The molecule has 7 heteroatoms. The van der Waals surface area contributed by atoms with E-state index in [1.165, 1.54) is 16.7 Å². The lowest BCUT2D eigenvalue weighted by Gasteiger charge is -2.27. The number of thioether (sulfide) groups is 1. The summed E-state index contributed by atoms with van der Waals surface area (Å²) in [6.07, 6.45) is -0.958. The van der Waals surface area contributed by atoms with Gasteiger partial charge in [0.2, 0.25) is 5.91 Å². The van der Waals surface area contributed by atoms with Crippen molar-refractivity contribution in [2.24, 2.45) is 5.73 Å². The van der Waals surface area contributed by atoms with Crippen LogP contribution in [-0.4, -0.2) is 51.6 Å². The van der Waals surface area contributed by atoms with Crippen LogP contribution >= 0.6 is 11.8 Å². The number of nitrogens with zero attached hydrogens (tertiary/aromatic N) is 1. The highest BCUT2D eigenvalue weighted by molar-refractivity contribution is 7.99. The maximum atomic E-state index is 12.8. The summed E-state index contributed by atoms with van der Waals surface area (Å²) in [5, 5.41) is 13.4. The summed E-state index contributed by atoms with van der Waals surface area (Å²) >= 11 is 1.50. The maximum absolute atomic E-state index is 12.8. The molecule has 1 fully saturated rings. The van der Waals surface area contributed by atoms with E-state index in [-0.39, 0.29) is 5.91 Å². The quantitative estimate of drug-likeness (QED) is 0.638. The normalized spacial score (nSPS) is 18.3. The SMILES string of the molecule is Cc1ccc(CNC(=O)[C@@H]2CSCN2C(=O)[C@@H](O)[C@@H](N)Cc2ccccc2)cc1. The highest BCUT2D eigenvalue weighted by Crippen LogP contribution is 2.23. The molecule has 0 bridgehead atoms. The Balaban J connectivity index is 1.57. The van der Waals surface area contributed by atoms with Crippen LogP contribution in [0, 0.1) is 6.92 Å². The van der Waals surface area contributed by atoms with Gasteiger partial charge in [-0.1, -0.05) is 60.2 Å². The van der Waals surface area contributed by atoms with Gasteiger partial charge in [0.15, 0.2) is 0 Å². The summed E-state index contributed by atoms with van der Waals surface area (Å²) in [6, 6.07) is 16.1. The molecule has 4 N–H and O–H groups in total. The zero-order chi connectivity index (χ0) is 20.8. The molecule has 6 nitrogen and oxygen atoms in total. The third kappa shape index (κ3) is 5.59. The van der Waals surface area contributed by atoms with E-state index in [1.54, 1.807) is 0 Å². The molecule has 1 aliphatic heterocycles. The molecule has 0 aromatic heterocycles. The first-order valence-corrected chi connectivity index (χ1v) is 10.8. The highest BCUT2D eigenvalue weighted by atomic mass is 32.2. The molecule has 0 saturated carbocycles. The Bertz CT molecular complexity index is 829. The van der Waals surface area contributed by atoms with E-state index in [2.05, 4.69) is 5.32 Å². The number of carbonyl (C=O) groups excluding carboxylic acids is 2. The monoisotopic (exact) mass is 413 g/mol. The number of rotatable bonds is 7. The van der Waals surface area contributed by atoms with E-state index in [9.17, 15) is 14.7 Å². The van der Waals surface area contributed by atoms with Crippen LogP contribution in [0.15, 0.2) is 54.6 Å². The van der Waals surface area contributed by atoms with Crippen molar-refractivity contribution in [1.82, 2.24) is 10.2 Å². The number of aliphatic hydroxyl groups excluding tert-OH is 1. The number of aliphatic hydroxyl groups is 1. The number of hydrogen-bond donors (Lipinski definition) is 3. The van der Waals surface area contributed by atoms with Crippen molar-refractivity contribution in [2.45, 2.75) is 38.1 Å². The molecule has 1 saturated heterocycles. The Kier molecular flexibility index (Phi) is 7.30. The van der Waals surface area contributed by atoms with Gasteiger partial charge < -0.3 is 21.1 Å². The summed E-state index contributed by atoms with van der Waals surface area (Å²) in [7, 11) is 0. The van der Waals surface area contributed by atoms with Gasteiger partial charge in [-0.3, -0.25) is 9.59 Å². The minimum absolute atomic E-state index is 0.215. The fourth-order valence-corrected chi connectivity index (χ4v) is 4.40. The minimum Gasteiger partial charge on any atom is -0.382 e. The molecule has 1 aliphatic rings. The van der Waals surface area contributed by atoms with Crippen LogP contribution in [0.25, 0.3) is 0 Å². The number of amides is 2. The molecule has 2 aromatic carbocycles. The van der Waals surface area contributed by atoms with Gasteiger partial charge in [-0.25, -0.2) is 0 Å². The van der Waals surface area contributed by atoms with Crippen LogP contribution in [-0.2, 0) is 22.6 Å². The summed E-state index contributed by atoms with van der Waals surface area (Å²) in [6.45, 7) is 2.41. The average Bonchev–Trinajstić information content (AvgIpc) is 3.22. The maximum Gasteiger partial charge on any atom is 0.254 e. The van der Waals surface area contributed by atoms with E-state index < -0.39 is 24.1 Å². The number of hydrogen-bond acceptors (Lipinski definition) is 5. The molecule has 154 valence electrons. The lowest BCUT2D eigenvalue weighted by Crippen LogP contribution is -2.54. The van der Waals surface area contributed by atoms with Gasteiger partial charge in [0, 0.05) is 18.3 Å². The first-order chi connectivity index (χ1) is 14.0. The second-order valence-corrected chi connectivity index (χ2v) is 8.33. The van der Waals surface area contributed by atoms with E-state index in [1.807, 2.05) is 61.5 Å². The van der Waals surface area contributed by atoms with E-state index >= 15 is 0 Å². The van der Waals surface area contributed by atoms with Crippen molar-refractivity contribution in [3.63, 3.8) is 0 Å². The summed E-state index contributed by atoms with van der Waals surface area (Å²) in [5.41, 5.74) is 9.19. The average molecular weight is 414 g/mol. The first kappa shape index (κ1) is 21.4. The first-order valence-electron chi connectivity index (χ1n) is 9.65. The number of benzene rings is 2. The zero-order valence-corrected chi connectivity index (χ0v) is 17.3. The number of aryl methyl sites for hydroxylation is 1. The standard InChI is InChI=1S/C22H27N3O3S/c1-15-7-9-17(10-8-15)12-24-21(27)19-13-29-14-25(19)22(28)20(26)18(23)11-16-5-3-2-4-6-16/h2-10,18-20,26H,11-14,23H2,1H3,(H,24,27)/t18-,19-,20-/m0/s1. The number of nitrogens with two attached hydrogens (primary N) is 1. The number of carbonyl (C=O) groups is 2. The van der Waals surface area contributed by atoms with Crippen molar-refractivity contribution in [2.75, 3.05) is 11.6 Å². The fraction of sp³-hybridized carbons (Fsp3) is 0.364. The summed E-state index contributed by atoms with van der Waals surface area (Å²) < 4.78 is 0. The Hall–Kier alpha value is -2.35. The minimum atomic E-state index is -1.35. The fourth-order valence-electron chi connectivity index (χ4n) is 3.24. The second-order valence-electron chi connectivity index (χ2n) is 7.33. The molecule has 2 aromatic rings. The Morgan fingerprint density at radius 2 is 1.86 bits per heavy atom. The number of nitrogens with one attached hydrogen (secondary N) is 1. The molecular weight excluding hydrogens is 386 g/mol. The van der Waals surface area contributed by atoms with Crippen LogP contribution in [0.3, 0.4) is 0 Å². The van der Waals surface area contributed by atoms with Crippen molar-refractivity contribution < 1.29 is 14.7 Å². The molecule has 1 heterocycles. The molecule has 29 heavy (non-hydrogen) atoms. The van der Waals surface area contributed by atoms with Crippen LogP contribution in [0.2, 0.25) is 0 Å². The third-order valence-electron chi connectivity index (χ3n) is 5.03. The van der Waals surface area contributed by atoms with Crippen LogP contribution in [0.4, 0.5) is 0 Å². The van der Waals surface area contributed by atoms with Crippen LogP contribution < -0.4 is 11.1 Å². The van der Waals surface area contributed by atoms with Gasteiger partial charge in [0.25, 0.3) is 5.91 Å². The van der Waals surface area contributed by atoms with Crippen molar-refractivity contribution in [1.29, 1.82) is 0 Å². The summed E-state index contributed by atoms with van der Waals surface area (Å²) in [5.74, 6) is 0.171. The van der Waals surface area contributed by atoms with Gasteiger partial charge in [-0.05, 0) is 24.5 Å². The topological polar surface area (TPSA) is 95.7 Å². The van der Waals surface area contributed by atoms with Crippen molar-refractivity contribution in [3.8, 4) is 0 Å². The molecule has 0 radical (unpaired) electrons. The predicted octanol–water partition coefficient (Wildman–Crippen LogP) is 1.44. The van der Waals surface area contributed by atoms with Crippen LogP contribution in [0.1, 0.15) is 16.7 Å². The van der Waals surface area contributed by atoms with Crippen molar-refractivity contribution in [3.05, 3.63) is 71.3 Å². The molecule has 0 spiro atoms. The van der Waals surface area contributed by atoms with Gasteiger partial charge in [-0.2, -0.15) is 0 Å². The lowest BCUT2D eigenvalue weighted by molar-refractivity contribution is -0.145. The van der Waals surface area contributed by atoms with E-state index in [4.69, 9.17) is 5.73 Å². The van der Waals surface area contributed by atoms with Gasteiger partial charge in [-0.15, -0.1) is 11.8 Å². The second kappa shape index (κ2) is 9.91. The molecular formula is C22H27N3O3S. The van der Waals surface area contributed by atoms with Gasteiger partial charge in [0.05, 0.1) is 5.88 Å². The Morgan fingerprint density at radius 3 is 2.55 bits per heavy atom. The Morgan fingerprint density at radius 1 is 1.17 bits per heavy atom. The largest absolute Gasteiger partial charge is 0.382 e. The molecule has 2 amide bonds. The van der Waals surface area contributed by atoms with Crippen molar-refractivity contribution >= 4 is 23.6 Å². The molecule has 3 rings (SSSR count). The van der Waals surface area contributed by atoms with E-state index in [0.717, 1.165) is 16.7 Å². The highest BCUT2D eigenvalue weighted by Gasteiger charge is 2.38.